The van der Waals surface area contributed by atoms with E-state index >= 15 is 0 Å². The van der Waals surface area contributed by atoms with E-state index in [4.69, 9.17) is 14.9 Å². The summed E-state index contributed by atoms with van der Waals surface area (Å²) in [4.78, 5) is 15.8. The Morgan fingerprint density at radius 3 is 2.67 bits per heavy atom. The summed E-state index contributed by atoms with van der Waals surface area (Å²) in [7, 11) is -2.04. The lowest BCUT2D eigenvalue weighted by Gasteiger charge is -2.41. The van der Waals surface area contributed by atoms with E-state index in [2.05, 4.69) is 38.8 Å². The molecule has 1 aromatic heterocycles. The normalized spacial score (nSPS) is 28.3. The lowest BCUT2D eigenvalue weighted by atomic mass is 10.0. The van der Waals surface area contributed by atoms with Crippen LogP contribution in [0.4, 0.5) is 5.82 Å². The average Bonchev–Trinajstić information content (AvgIpc) is 2.74. The molecule has 3 atom stereocenters. The first-order valence-corrected chi connectivity index (χ1v) is 11.1. The van der Waals surface area contributed by atoms with Crippen LogP contribution in [0.3, 0.4) is 0 Å². The van der Waals surface area contributed by atoms with Gasteiger partial charge in [0.05, 0.1) is 12.7 Å². The summed E-state index contributed by atoms with van der Waals surface area (Å²) >= 11 is 0. The Bertz CT molecular complexity index is 655. The molecule has 2 heterocycles. The predicted octanol–water partition coefficient (Wildman–Crippen LogP) is 1.89. The fourth-order valence-corrected chi connectivity index (χ4v) is 3.94. The van der Waals surface area contributed by atoms with Gasteiger partial charge >= 0.3 is 5.69 Å². The van der Waals surface area contributed by atoms with Crippen molar-refractivity contribution in [3.8, 4) is 0 Å². The number of ether oxygens (including phenoxy) is 1. The summed E-state index contributed by atoms with van der Waals surface area (Å²) in [5, 5.41) is 9.90. The SMILES string of the molecule is CC(C)(C)[Si](C)(C)O[C@H]1C[C@H](n2ccc(N)nc2=O)O[C@]1(C)CO. The maximum atomic E-state index is 12.1. The molecule has 2 rings (SSSR count). The third kappa shape index (κ3) is 3.56. The maximum absolute atomic E-state index is 12.1. The molecule has 0 aromatic carbocycles. The van der Waals surface area contributed by atoms with Crippen LogP contribution in [-0.2, 0) is 9.16 Å². The van der Waals surface area contributed by atoms with Crippen molar-refractivity contribution < 1.29 is 14.3 Å². The van der Waals surface area contributed by atoms with Gasteiger partial charge in [-0.25, -0.2) is 4.79 Å². The number of hydrogen-bond acceptors (Lipinski definition) is 6. The fourth-order valence-electron chi connectivity index (χ4n) is 2.53. The van der Waals surface area contributed by atoms with E-state index < -0.39 is 25.8 Å². The Morgan fingerprint density at radius 1 is 1.54 bits per heavy atom. The first kappa shape index (κ1) is 19.1. The smallest absolute Gasteiger partial charge is 0.351 e. The van der Waals surface area contributed by atoms with Crippen molar-refractivity contribution in [3.05, 3.63) is 22.7 Å². The second-order valence-electron chi connectivity index (χ2n) is 8.19. The zero-order valence-corrected chi connectivity index (χ0v) is 16.4. The molecular formula is C16H29N3O4Si. The van der Waals surface area contributed by atoms with Crippen molar-refractivity contribution >= 4 is 14.1 Å². The molecule has 0 bridgehead atoms. The molecule has 0 aliphatic carbocycles. The highest BCUT2D eigenvalue weighted by molar-refractivity contribution is 6.74. The van der Waals surface area contributed by atoms with Crippen LogP contribution >= 0.6 is 0 Å². The second kappa shape index (κ2) is 6.25. The van der Waals surface area contributed by atoms with Crippen molar-refractivity contribution in [2.75, 3.05) is 12.3 Å². The first-order valence-electron chi connectivity index (χ1n) is 8.21. The minimum Gasteiger partial charge on any atom is -0.411 e. The third-order valence-corrected chi connectivity index (χ3v) is 9.71. The number of anilines is 1. The fraction of sp³-hybridized carbons (Fsp3) is 0.750. The van der Waals surface area contributed by atoms with Crippen molar-refractivity contribution in [1.29, 1.82) is 0 Å². The molecule has 7 nitrogen and oxygen atoms in total. The number of nitrogens with zero attached hydrogens (tertiary/aromatic N) is 2. The van der Waals surface area contributed by atoms with Gasteiger partial charge < -0.3 is 20.0 Å². The summed E-state index contributed by atoms with van der Waals surface area (Å²) in [6.45, 7) is 12.5. The van der Waals surface area contributed by atoms with Gasteiger partial charge in [-0.3, -0.25) is 4.57 Å². The van der Waals surface area contributed by atoms with Gasteiger partial charge in [-0.1, -0.05) is 20.8 Å². The molecule has 1 fully saturated rings. The molecule has 0 saturated carbocycles. The van der Waals surface area contributed by atoms with Gasteiger partial charge in [0, 0.05) is 12.6 Å². The first-order chi connectivity index (χ1) is 10.9. The number of nitrogens with two attached hydrogens (primary N) is 1. The Labute approximate surface area is 143 Å². The summed E-state index contributed by atoms with van der Waals surface area (Å²) in [6.07, 6.45) is 1.23. The number of aliphatic hydroxyl groups is 1. The molecule has 0 amide bonds. The monoisotopic (exact) mass is 355 g/mol. The topological polar surface area (TPSA) is 99.6 Å². The van der Waals surface area contributed by atoms with Gasteiger partial charge in [0.25, 0.3) is 0 Å². The third-order valence-electron chi connectivity index (χ3n) is 5.22. The van der Waals surface area contributed by atoms with Gasteiger partial charge in [0.15, 0.2) is 8.32 Å². The van der Waals surface area contributed by atoms with Crippen molar-refractivity contribution in [1.82, 2.24) is 9.55 Å². The average molecular weight is 356 g/mol. The van der Waals surface area contributed by atoms with Crippen LogP contribution in [0.25, 0.3) is 0 Å². The quantitative estimate of drug-likeness (QED) is 0.800. The molecule has 8 heteroatoms. The molecule has 24 heavy (non-hydrogen) atoms. The van der Waals surface area contributed by atoms with Crippen molar-refractivity contribution in [3.63, 3.8) is 0 Å². The highest BCUT2D eigenvalue weighted by Gasteiger charge is 2.50. The van der Waals surface area contributed by atoms with Crippen LogP contribution in [0, 0.1) is 0 Å². The van der Waals surface area contributed by atoms with E-state index in [-0.39, 0.29) is 23.6 Å². The van der Waals surface area contributed by atoms with E-state index in [1.165, 1.54) is 4.57 Å². The van der Waals surface area contributed by atoms with Gasteiger partial charge in [-0.2, -0.15) is 4.98 Å². The van der Waals surface area contributed by atoms with Gasteiger partial charge in [0.1, 0.15) is 17.6 Å². The molecule has 0 radical (unpaired) electrons. The molecule has 1 saturated heterocycles. The van der Waals surface area contributed by atoms with Gasteiger partial charge in [-0.15, -0.1) is 0 Å². The summed E-state index contributed by atoms with van der Waals surface area (Å²) in [6, 6.07) is 1.56. The highest BCUT2D eigenvalue weighted by Crippen LogP contribution is 2.44. The number of aliphatic hydroxyl groups excluding tert-OH is 1. The molecule has 3 N–H and O–H groups in total. The van der Waals surface area contributed by atoms with Crippen LogP contribution < -0.4 is 11.4 Å². The second-order valence-corrected chi connectivity index (χ2v) is 12.9. The highest BCUT2D eigenvalue weighted by atomic mass is 28.4. The number of hydrogen-bond donors (Lipinski definition) is 2. The molecule has 1 aliphatic heterocycles. The molecule has 0 spiro atoms. The standard InChI is InChI=1S/C16H29N3O4Si/c1-15(2,3)24(5,6)23-11-9-13(22-16(11,4)10-20)19-8-7-12(17)18-14(19)21/h7-8,11,13,20H,9-10H2,1-6H3,(H2,17,18,21)/t11-,13+,16+/m0/s1. The Morgan fingerprint density at radius 2 is 2.17 bits per heavy atom. The van der Waals surface area contributed by atoms with Gasteiger partial charge in [0.2, 0.25) is 0 Å². The van der Waals surface area contributed by atoms with E-state index in [9.17, 15) is 9.90 Å². The zero-order valence-electron chi connectivity index (χ0n) is 15.4. The number of nitrogen functional groups attached to an aromatic ring is 1. The van der Waals surface area contributed by atoms with Crippen LogP contribution in [0.1, 0.15) is 40.3 Å². The van der Waals surface area contributed by atoms with Crippen LogP contribution in [0.2, 0.25) is 18.1 Å². The minimum absolute atomic E-state index is 0.0427. The number of aromatic nitrogens is 2. The number of rotatable bonds is 4. The minimum atomic E-state index is -2.04. The van der Waals surface area contributed by atoms with Crippen molar-refractivity contribution in [2.24, 2.45) is 0 Å². The maximum Gasteiger partial charge on any atom is 0.351 e. The van der Waals surface area contributed by atoms with E-state index in [1.807, 2.05) is 6.92 Å². The van der Waals surface area contributed by atoms with E-state index in [0.29, 0.717) is 6.42 Å². The van der Waals surface area contributed by atoms with Crippen LogP contribution in [0.5, 0.6) is 0 Å². The van der Waals surface area contributed by atoms with Crippen LogP contribution in [0.15, 0.2) is 17.1 Å². The van der Waals surface area contributed by atoms with E-state index in [1.54, 1.807) is 12.3 Å². The Balaban J connectivity index is 2.29. The molecular weight excluding hydrogens is 326 g/mol. The zero-order chi connectivity index (χ0) is 18.3. The summed E-state index contributed by atoms with van der Waals surface area (Å²) in [5.41, 5.74) is 4.21. The molecule has 0 unspecified atom stereocenters. The summed E-state index contributed by atoms with van der Waals surface area (Å²) in [5.74, 6) is 0.174. The van der Waals surface area contributed by atoms with Gasteiger partial charge in [-0.05, 0) is 31.1 Å². The van der Waals surface area contributed by atoms with Crippen molar-refractivity contribution in [2.45, 2.75) is 70.2 Å². The van der Waals surface area contributed by atoms with Crippen LogP contribution in [-0.4, -0.2) is 41.3 Å². The lowest BCUT2D eigenvalue weighted by molar-refractivity contribution is -0.114. The largest absolute Gasteiger partial charge is 0.411 e. The molecule has 1 aliphatic rings. The Hall–Kier alpha value is -1.22. The Kier molecular flexibility index (Phi) is 4.98. The van der Waals surface area contributed by atoms with E-state index in [0.717, 1.165) is 0 Å². The predicted molar refractivity (Wildman–Crippen MR) is 95.2 cm³/mol. The molecule has 136 valence electrons. The molecule has 1 aromatic rings. The lowest BCUT2D eigenvalue weighted by Crippen LogP contribution is -2.50. The summed E-state index contributed by atoms with van der Waals surface area (Å²) < 4.78 is 13.9.